The number of rotatable bonds is 4. The Morgan fingerprint density at radius 1 is 1.04 bits per heavy atom. The van der Waals surface area contributed by atoms with E-state index in [4.69, 9.17) is 69.6 Å². The summed E-state index contributed by atoms with van der Waals surface area (Å²) in [6.45, 7) is 1.32. The van der Waals surface area contributed by atoms with Crippen LogP contribution < -0.4 is 5.32 Å². The van der Waals surface area contributed by atoms with Gasteiger partial charge < -0.3 is 14.8 Å². The van der Waals surface area contributed by atoms with E-state index in [0.717, 1.165) is 25.8 Å². The number of amides is 1. The van der Waals surface area contributed by atoms with Crippen molar-refractivity contribution in [3.8, 4) is 0 Å². The van der Waals surface area contributed by atoms with Gasteiger partial charge in [0.05, 0.1) is 24.1 Å². The molecule has 2 aliphatic heterocycles. The highest BCUT2D eigenvalue weighted by atomic mass is 35.6. The maximum Gasteiger partial charge on any atom is 0.240 e. The summed E-state index contributed by atoms with van der Waals surface area (Å²) in [5.74, 6) is -0.623. The van der Waals surface area contributed by atoms with E-state index >= 15 is 0 Å². The Kier molecular flexibility index (Phi) is 7.40. The van der Waals surface area contributed by atoms with Crippen molar-refractivity contribution in [2.75, 3.05) is 25.4 Å². The van der Waals surface area contributed by atoms with Crippen LogP contribution in [0.15, 0.2) is 0 Å². The minimum absolute atomic E-state index is 0.0659. The van der Waals surface area contributed by atoms with Crippen LogP contribution >= 0.6 is 76.7 Å². The molecule has 1 amide bonds. The van der Waals surface area contributed by atoms with Gasteiger partial charge in [-0.05, 0) is 32.2 Å². The minimum Gasteiger partial charge on any atom is -0.331 e. The third-order valence-corrected chi connectivity index (χ3v) is 9.86. The lowest BCUT2D eigenvalue weighted by molar-refractivity contribution is -0.132. The van der Waals surface area contributed by atoms with E-state index < -0.39 is 20.5 Å². The molecule has 2 heterocycles. The number of hydrogen-bond donors (Lipinski definition) is 1. The molecule has 0 spiro atoms. The first-order valence-electron chi connectivity index (χ1n) is 7.66. The van der Waals surface area contributed by atoms with Crippen molar-refractivity contribution < 1.29 is 9.36 Å². The fourth-order valence-corrected chi connectivity index (χ4v) is 10.2. The van der Waals surface area contributed by atoms with Crippen molar-refractivity contribution in [1.29, 1.82) is 0 Å². The molecule has 2 aliphatic rings. The van der Waals surface area contributed by atoms with E-state index in [0.29, 0.717) is 13.0 Å². The Morgan fingerprint density at radius 2 is 1.62 bits per heavy atom. The molecule has 11 heteroatoms. The summed E-state index contributed by atoms with van der Waals surface area (Å²) in [6.07, 6.45) is 2.52. The summed E-state index contributed by atoms with van der Waals surface area (Å²) in [7, 11) is -3.27. The summed E-state index contributed by atoms with van der Waals surface area (Å²) in [5, 5.41) is 3.16. The molecule has 2 saturated heterocycles. The number of likely N-dealkylation sites (tertiary alicyclic amines) is 1. The zero-order valence-electron chi connectivity index (χ0n) is 12.8. The van der Waals surface area contributed by atoms with Crippen LogP contribution in [-0.2, 0) is 9.36 Å². The summed E-state index contributed by atoms with van der Waals surface area (Å²) < 4.78 is 10.2. The number of carbonyl (C=O) groups excluding carboxylic acids is 1. The van der Waals surface area contributed by atoms with E-state index in [2.05, 4.69) is 5.32 Å². The third kappa shape index (κ3) is 5.96. The van der Waals surface area contributed by atoms with E-state index in [-0.39, 0.29) is 24.3 Å². The van der Waals surface area contributed by atoms with Gasteiger partial charge in [0.1, 0.15) is 7.14 Å². The quantitative estimate of drug-likeness (QED) is 0.467. The lowest BCUT2D eigenvalue weighted by Gasteiger charge is -2.36. The smallest absolute Gasteiger partial charge is 0.240 e. The van der Waals surface area contributed by atoms with Gasteiger partial charge in [-0.3, -0.25) is 4.79 Å². The van der Waals surface area contributed by atoms with Crippen LogP contribution in [0.5, 0.6) is 0 Å². The molecule has 0 radical (unpaired) electrons. The highest BCUT2D eigenvalue weighted by Crippen LogP contribution is 2.62. The Morgan fingerprint density at radius 3 is 2.08 bits per heavy atom. The number of nitrogens with one attached hydrogen (secondary N) is 1. The van der Waals surface area contributed by atoms with Gasteiger partial charge in [0.15, 0.2) is 7.59 Å². The summed E-state index contributed by atoms with van der Waals surface area (Å²) in [4.78, 5) is 14.4. The highest BCUT2D eigenvalue weighted by molar-refractivity contribution is 7.65. The third-order valence-electron chi connectivity index (χ3n) is 4.30. The van der Waals surface area contributed by atoms with Crippen LogP contribution in [-0.4, -0.2) is 55.6 Å². The van der Waals surface area contributed by atoms with Crippen molar-refractivity contribution in [3.05, 3.63) is 0 Å². The first-order chi connectivity index (χ1) is 10.9. The second kappa shape index (κ2) is 8.19. The first-order valence-corrected chi connectivity index (χ1v) is 12.1. The average Bonchev–Trinajstić information content (AvgIpc) is 3.05. The zero-order valence-corrected chi connectivity index (χ0v) is 18.2. The van der Waals surface area contributed by atoms with Gasteiger partial charge in [-0.15, -0.1) is 0 Å². The number of alkyl halides is 6. The topological polar surface area (TPSA) is 49.4 Å². The molecule has 24 heavy (non-hydrogen) atoms. The van der Waals surface area contributed by atoms with E-state index in [1.54, 1.807) is 4.90 Å². The molecule has 1 N–H and O–H groups in total. The Labute approximate surface area is 172 Å². The Balaban J connectivity index is 2.26. The van der Waals surface area contributed by atoms with Crippen LogP contribution in [0.3, 0.4) is 0 Å². The minimum atomic E-state index is -3.27. The fraction of sp³-hybridized carbons (Fsp3) is 0.923. The molecule has 1 unspecified atom stereocenters. The average molecular weight is 479 g/mol. The number of nitrogens with zero attached hydrogens (tertiary/aromatic N) is 1. The highest BCUT2D eigenvalue weighted by Gasteiger charge is 2.50. The maximum absolute atomic E-state index is 13.7. The summed E-state index contributed by atoms with van der Waals surface area (Å²) in [5.41, 5.74) is 0. The summed E-state index contributed by atoms with van der Waals surface area (Å²) in [6, 6.07) is -0.250. The lowest BCUT2D eigenvalue weighted by Crippen LogP contribution is -2.46. The molecule has 0 aromatic heterocycles. The molecule has 0 aromatic carbocycles. The molecule has 2 fully saturated rings. The number of carbonyl (C=O) groups is 1. The Bertz CT molecular complexity index is 496. The second-order valence-corrected chi connectivity index (χ2v) is 14.5. The fourth-order valence-electron chi connectivity index (χ4n) is 3.46. The molecule has 0 bridgehead atoms. The van der Waals surface area contributed by atoms with E-state index in [1.165, 1.54) is 0 Å². The van der Waals surface area contributed by atoms with Crippen molar-refractivity contribution in [2.45, 2.75) is 45.1 Å². The summed E-state index contributed by atoms with van der Waals surface area (Å²) >= 11 is 35.4. The van der Waals surface area contributed by atoms with Crippen molar-refractivity contribution in [2.24, 2.45) is 0 Å². The van der Waals surface area contributed by atoms with Gasteiger partial charge in [-0.1, -0.05) is 69.6 Å². The van der Waals surface area contributed by atoms with Crippen LogP contribution in [0, 0.1) is 0 Å². The molecule has 0 aromatic rings. The monoisotopic (exact) mass is 476 g/mol. The van der Waals surface area contributed by atoms with Crippen molar-refractivity contribution in [3.63, 3.8) is 0 Å². The Hall–Kier alpha value is 1.40. The van der Waals surface area contributed by atoms with Gasteiger partial charge in [0.25, 0.3) is 0 Å². The molecule has 0 saturated carbocycles. The van der Waals surface area contributed by atoms with Crippen molar-refractivity contribution >= 4 is 82.7 Å². The van der Waals surface area contributed by atoms with Crippen LogP contribution in [0.2, 0.25) is 0 Å². The zero-order chi connectivity index (χ0) is 18.2. The number of hydrogen-bond acceptors (Lipinski definition) is 3. The van der Waals surface area contributed by atoms with Gasteiger partial charge in [-0.2, -0.15) is 0 Å². The molecule has 0 aliphatic carbocycles. The van der Waals surface area contributed by atoms with Crippen LogP contribution in [0.4, 0.5) is 0 Å². The SMILES string of the molecule is O=C([C@@H]1CCCN1)N1CCCC1P(=O)(CC(Cl)(Cl)Cl)CC(Cl)(Cl)Cl. The molecule has 2 rings (SSSR count). The predicted molar refractivity (Wildman–Crippen MR) is 104 cm³/mol. The molecule has 140 valence electrons. The lowest BCUT2D eigenvalue weighted by atomic mass is 10.2. The van der Waals surface area contributed by atoms with Crippen LogP contribution in [0.1, 0.15) is 25.7 Å². The van der Waals surface area contributed by atoms with Crippen LogP contribution in [0.25, 0.3) is 0 Å². The maximum atomic E-state index is 13.7. The van der Waals surface area contributed by atoms with Crippen molar-refractivity contribution in [1.82, 2.24) is 10.2 Å². The van der Waals surface area contributed by atoms with Gasteiger partial charge >= 0.3 is 0 Å². The van der Waals surface area contributed by atoms with Gasteiger partial charge in [0, 0.05) is 6.54 Å². The molecular weight excluding hydrogens is 460 g/mol. The molecule has 2 atom stereocenters. The normalized spacial score (nSPS) is 26.2. The predicted octanol–water partition coefficient (Wildman–Crippen LogP) is 4.79. The van der Waals surface area contributed by atoms with Gasteiger partial charge in [-0.25, -0.2) is 0 Å². The van der Waals surface area contributed by atoms with E-state index in [9.17, 15) is 9.36 Å². The van der Waals surface area contributed by atoms with Gasteiger partial charge in [0.2, 0.25) is 5.91 Å². The first kappa shape index (κ1) is 21.7. The molecular formula is C13H19Cl6N2O2P. The number of halogens is 6. The van der Waals surface area contributed by atoms with E-state index in [1.807, 2.05) is 0 Å². The second-order valence-electron chi connectivity index (χ2n) is 6.30. The standard InChI is InChI=1S/C13H19Cl6N2O2P/c14-12(15,16)7-24(23,8-13(17,18)19)10-4-2-6-21(10)11(22)9-3-1-5-20-9/h9-10,20H,1-8H2/t9-,10?/m0/s1. The molecule has 4 nitrogen and oxygen atoms in total. The largest absolute Gasteiger partial charge is 0.331 e.